The molecule has 15 heavy (non-hydrogen) atoms. The van der Waals surface area contributed by atoms with Gasteiger partial charge >= 0.3 is 6.03 Å². The molecule has 1 rings (SSSR count). The van der Waals surface area contributed by atoms with Crippen molar-refractivity contribution in [3.05, 3.63) is 0 Å². The van der Waals surface area contributed by atoms with Crippen LogP contribution in [-0.4, -0.2) is 42.0 Å². The fourth-order valence-electron chi connectivity index (χ4n) is 1.46. The van der Waals surface area contributed by atoms with Crippen LogP contribution in [0.3, 0.4) is 0 Å². The first-order chi connectivity index (χ1) is 6.88. The van der Waals surface area contributed by atoms with Crippen LogP contribution in [-0.2, 0) is 4.79 Å². The molecule has 0 unspecified atom stereocenters. The van der Waals surface area contributed by atoms with Gasteiger partial charge in [0.05, 0.1) is 0 Å². The molecule has 0 spiro atoms. The Morgan fingerprint density at radius 2 is 2.20 bits per heavy atom. The lowest BCUT2D eigenvalue weighted by atomic mass is 10.1. The largest absolute Gasteiger partial charge is 0.350 e. The van der Waals surface area contributed by atoms with E-state index in [-0.39, 0.29) is 24.0 Å². The lowest BCUT2D eigenvalue weighted by Gasteiger charge is -2.28. The van der Waals surface area contributed by atoms with E-state index in [9.17, 15) is 9.59 Å². The van der Waals surface area contributed by atoms with Gasteiger partial charge in [-0.3, -0.25) is 4.79 Å². The maximum Gasteiger partial charge on any atom is 0.317 e. The Kier molecular flexibility index (Phi) is 3.55. The third kappa shape index (κ3) is 4.18. The van der Waals surface area contributed by atoms with Gasteiger partial charge in [-0.2, -0.15) is 0 Å². The number of carbonyl (C=O) groups is 2. The minimum Gasteiger partial charge on any atom is -0.350 e. The number of nitrogens with zero attached hydrogens (tertiary/aromatic N) is 1. The first kappa shape index (κ1) is 11.8. The topological polar surface area (TPSA) is 61.4 Å². The summed E-state index contributed by atoms with van der Waals surface area (Å²) in [6.07, 6.45) is 0.897. The summed E-state index contributed by atoms with van der Waals surface area (Å²) in [5.74, 6) is -0.112. The first-order valence-corrected chi connectivity index (χ1v) is 5.22. The summed E-state index contributed by atoms with van der Waals surface area (Å²) in [6.45, 7) is 7.26. The highest BCUT2D eigenvalue weighted by Crippen LogP contribution is 2.01. The quantitative estimate of drug-likeness (QED) is 0.693. The molecule has 1 fully saturated rings. The Labute approximate surface area is 90.2 Å². The minimum absolute atomic E-state index is 0.112. The zero-order valence-electron chi connectivity index (χ0n) is 9.59. The van der Waals surface area contributed by atoms with Gasteiger partial charge in [0.15, 0.2) is 0 Å². The predicted molar refractivity (Wildman–Crippen MR) is 57.5 cm³/mol. The summed E-state index contributed by atoms with van der Waals surface area (Å²) in [4.78, 5) is 24.4. The average Bonchev–Trinajstić information content (AvgIpc) is 2.05. The molecule has 0 bridgehead atoms. The molecule has 0 aromatic heterocycles. The van der Waals surface area contributed by atoms with Gasteiger partial charge in [-0.15, -0.1) is 0 Å². The summed E-state index contributed by atoms with van der Waals surface area (Å²) in [7, 11) is 0. The fourth-order valence-corrected chi connectivity index (χ4v) is 1.46. The number of nitrogens with one attached hydrogen (secondary N) is 2. The molecule has 1 heterocycles. The highest BCUT2D eigenvalue weighted by atomic mass is 16.2. The minimum atomic E-state index is -0.247. The second-order valence-corrected chi connectivity index (χ2v) is 4.81. The summed E-state index contributed by atoms with van der Waals surface area (Å²) in [6, 6.07) is -0.148. The maximum absolute atomic E-state index is 11.5. The fraction of sp³-hybridized carbons (Fsp3) is 0.800. The molecule has 1 aliphatic heterocycles. The Morgan fingerprint density at radius 1 is 1.53 bits per heavy atom. The normalized spacial score (nSPS) is 17.3. The Morgan fingerprint density at radius 3 is 2.73 bits per heavy atom. The molecular weight excluding hydrogens is 194 g/mol. The van der Waals surface area contributed by atoms with Crippen LogP contribution in [0.5, 0.6) is 0 Å². The van der Waals surface area contributed by atoms with Gasteiger partial charge in [0.1, 0.15) is 6.54 Å². The van der Waals surface area contributed by atoms with E-state index >= 15 is 0 Å². The van der Waals surface area contributed by atoms with Crippen LogP contribution in [0, 0.1) is 0 Å². The van der Waals surface area contributed by atoms with Crippen LogP contribution < -0.4 is 10.6 Å². The van der Waals surface area contributed by atoms with E-state index in [0.29, 0.717) is 13.1 Å². The van der Waals surface area contributed by atoms with Gasteiger partial charge in [-0.25, -0.2) is 4.79 Å². The Hall–Kier alpha value is -1.26. The third-order valence-electron chi connectivity index (χ3n) is 2.02. The maximum atomic E-state index is 11.5. The zero-order valence-corrected chi connectivity index (χ0v) is 9.59. The second-order valence-electron chi connectivity index (χ2n) is 4.81. The smallest absolute Gasteiger partial charge is 0.317 e. The molecule has 3 amide bonds. The van der Waals surface area contributed by atoms with Crippen LogP contribution in [0.1, 0.15) is 27.2 Å². The molecule has 0 aromatic carbocycles. The van der Waals surface area contributed by atoms with Crippen LogP contribution in [0.4, 0.5) is 4.79 Å². The highest BCUT2D eigenvalue weighted by molar-refractivity contribution is 5.84. The predicted octanol–water partition coefficient (Wildman–Crippen LogP) is 0.316. The molecule has 0 aromatic rings. The second kappa shape index (κ2) is 4.51. The Balaban J connectivity index is 2.40. The Bertz CT molecular complexity index is 258. The molecule has 0 saturated carbocycles. The number of carbonyl (C=O) groups excluding carboxylic acids is 2. The standard InChI is InChI=1S/C10H19N3O2/c1-10(2,3)12-8(14)7-13-6-4-5-11-9(13)15/h4-7H2,1-3H3,(H,11,15)(H,12,14). The van der Waals surface area contributed by atoms with E-state index < -0.39 is 0 Å². The molecule has 0 radical (unpaired) electrons. The summed E-state index contributed by atoms with van der Waals surface area (Å²) in [5, 5.41) is 5.53. The van der Waals surface area contributed by atoms with Crippen LogP contribution in [0.2, 0.25) is 0 Å². The molecule has 5 nitrogen and oxygen atoms in total. The molecule has 0 atom stereocenters. The molecule has 86 valence electrons. The molecule has 1 saturated heterocycles. The van der Waals surface area contributed by atoms with E-state index in [4.69, 9.17) is 0 Å². The van der Waals surface area contributed by atoms with Crippen LogP contribution >= 0.6 is 0 Å². The molecule has 1 aliphatic rings. The molecular formula is C10H19N3O2. The van der Waals surface area contributed by atoms with Crippen molar-refractivity contribution in [3.63, 3.8) is 0 Å². The van der Waals surface area contributed by atoms with E-state index in [1.54, 1.807) is 0 Å². The summed E-state index contributed by atoms with van der Waals surface area (Å²) < 4.78 is 0. The number of hydrogen-bond acceptors (Lipinski definition) is 2. The van der Waals surface area contributed by atoms with Crippen molar-refractivity contribution in [2.45, 2.75) is 32.7 Å². The van der Waals surface area contributed by atoms with Crippen molar-refractivity contribution in [1.82, 2.24) is 15.5 Å². The first-order valence-electron chi connectivity index (χ1n) is 5.22. The third-order valence-corrected chi connectivity index (χ3v) is 2.02. The molecule has 0 aliphatic carbocycles. The van der Waals surface area contributed by atoms with Gasteiger partial charge in [-0.05, 0) is 27.2 Å². The van der Waals surface area contributed by atoms with E-state index in [1.165, 1.54) is 4.90 Å². The van der Waals surface area contributed by atoms with Crippen molar-refractivity contribution >= 4 is 11.9 Å². The van der Waals surface area contributed by atoms with Gasteiger partial charge < -0.3 is 15.5 Å². The van der Waals surface area contributed by atoms with E-state index in [0.717, 1.165) is 6.42 Å². The van der Waals surface area contributed by atoms with Crippen LogP contribution in [0.15, 0.2) is 0 Å². The number of rotatable bonds is 2. The lowest BCUT2D eigenvalue weighted by Crippen LogP contribution is -2.52. The molecule has 2 N–H and O–H groups in total. The lowest BCUT2D eigenvalue weighted by molar-refractivity contribution is -0.123. The zero-order chi connectivity index (χ0) is 11.5. The number of urea groups is 1. The highest BCUT2D eigenvalue weighted by Gasteiger charge is 2.22. The summed E-state index contributed by atoms with van der Waals surface area (Å²) in [5.41, 5.74) is -0.247. The molecule has 5 heteroatoms. The van der Waals surface area contributed by atoms with Crippen molar-refractivity contribution in [2.24, 2.45) is 0 Å². The summed E-state index contributed by atoms with van der Waals surface area (Å²) >= 11 is 0. The van der Waals surface area contributed by atoms with Gasteiger partial charge in [0.25, 0.3) is 0 Å². The SMILES string of the molecule is CC(C)(C)NC(=O)CN1CCCNC1=O. The van der Waals surface area contributed by atoms with Gasteiger partial charge in [0, 0.05) is 18.6 Å². The van der Waals surface area contributed by atoms with Gasteiger partial charge in [0.2, 0.25) is 5.91 Å². The van der Waals surface area contributed by atoms with Gasteiger partial charge in [-0.1, -0.05) is 0 Å². The number of amides is 3. The van der Waals surface area contributed by atoms with Crippen molar-refractivity contribution in [3.8, 4) is 0 Å². The van der Waals surface area contributed by atoms with E-state index in [1.807, 2.05) is 20.8 Å². The van der Waals surface area contributed by atoms with Crippen molar-refractivity contribution in [1.29, 1.82) is 0 Å². The van der Waals surface area contributed by atoms with Crippen molar-refractivity contribution < 1.29 is 9.59 Å². The van der Waals surface area contributed by atoms with E-state index in [2.05, 4.69) is 10.6 Å². The van der Waals surface area contributed by atoms with Crippen LogP contribution in [0.25, 0.3) is 0 Å². The van der Waals surface area contributed by atoms with Crippen molar-refractivity contribution in [2.75, 3.05) is 19.6 Å². The average molecular weight is 213 g/mol. The monoisotopic (exact) mass is 213 g/mol. The number of hydrogen-bond donors (Lipinski definition) is 2.